The van der Waals surface area contributed by atoms with Crippen LogP contribution in [0.4, 0.5) is 5.69 Å². The third-order valence-electron chi connectivity index (χ3n) is 2.64. The van der Waals surface area contributed by atoms with E-state index in [-0.39, 0.29) is 11.2 Å². The number of rotatable bonds is 3. The van der Waals surface area contributed by atoms with E-state index in [2.05, 4.69) is 17.4 Å². The van der Waals surface area contributed by atoms with Gasteiger partial charge in [0, 0.05) is 17.0 Å². The Morgan fingerprint density at radius 2 is 2.12 bits per heavy atom. The molecular weight excluding hydrogens is 250 g/mol. The number of fused-ring (bicyclic) bond motifs is 1. The van der Waals surface area contributed by atoms with Gasteiger partial charge in [-0.15, -0.1) is 11.3 Å². The third kappa shape index (κ3) is 2.23. The number of nitrogens with one attached hydrogen (secondary N) is 1. The van der Waals surface area contributed by atoms with Crippen LogP contribution in [0.2, 0.25) is 0 Å². The van der Waals surface area contributed by atoms with E-state index in [4.69, 9.17) is 0 Å². The first-order chi connectivity index (χ1) is 8.33. The highest BCUT2D eigenvalue weighted by Gasteiger charge is 2.23. The van der Waals surface area contributed by atoms with Gasteiger partial charge in [0.05, 0.1) is 10.3 Å². The monoisotopic (exact) mass is 261 g/mol. The summed E-state index contributed by atoms with van der Waals surface area (Å²) in [6.45, 7) is 0. The molecule has 2 heterocycles. The van der Waals surface area contributed by atoms with Gasteiger partial charge >= 0.3 is 0 Å². The van der Waals surface area contributed by atoms with Crippen molar-refractivity contribution in [3.8, 4) is 0 Å². The predicted octanol–water partition coefficient (Wildman–Crippen LogP) is 3.86. The maximum absolute atomic E-state index is 12.0. The number of anilines is 1. The second-order valence-corrected chi connectivity index (χ2v) is 6.04. The zero-order valence-corrected chi connectivity index (χ0v) is 10.7. The number of hydrogen-bond acceptors (Lipinski definition) is 4. The molecule has 2 aromatic rings. The summed E-state index contributed by atoms with van der Waals surface area (Å²) >= 11 is 3.25. The van der Waals surface area contributed by atoms with Crippen molar-refractivity contribution in [3.05, 3.63) is 46.7 Å². The number of hydrogen-bond donors (Lipinski definition) is 1. The summed E-state index contributed by atoms with van der Waals surface area (Å²) in [5.74, 6) is 0.220. The number of carbonyl (C=O) groups excluding carboxylic acids is 1. The molecule has 1 aliphatic rings. The fourth-order valence-electron chi connectivity index (χ4n) is 1.84. The maximum Gasteiger partial charge on any atom is 0.175 e. The SMILES string of the molecule is O=C(CC1Nc2ccccc2S1)c1cccs1. The summed E-state index contributed by atoms with van der Waals surface area (Å²) in [6.07, 6.45) is 0.542. The van der Waals surface area contributed by atoms with Gasteiger partial charge in [0.2, 0.25) is 0 Å². The molecule has 3 rings (SSSR count). The molecule has 0 spiro atoms. The Labute approximate surface area is 108 Å². The van der Waals surface area contributed by atoms with Crippen molar-refractivity contribution in [1.29, 1.82) is 0 Å². The Morgan fingerprint density at radius 3 is 2.88 bits per heavy atom. The lowest BCUT2D eigenvalue weighted by Crippen LogP contribution is -2.15. The van der Waals surface area contributed by atoms with Gasteiger partial charge in [-0.2, -0.15) is 0 Å². The smallest absolute Gasteiger partial charge is 0.175 e. The van der Waals surface area contributed by atoms with Gasteiger partial charge in [-0.1, -0.05) is 30.0 Å². The van der Waals surface area contributed by atoms with E-state index in [1.807, 2.05) is 29.6 Å². The summed E-state index contributed by atoms with van der Waals surface area (Å²) in [4.78, 5) is 14.1. The molecule has 0 bridgehead atoms. The number of para-hydroxylation sites is 1. The third-order valence-corrected chi connectivity index (χ3v) is 4.73. The number of thioether (sulfide) groups is 1. The molecule has 86 valence electrons. The van der Waals surface area contributed by atoms with Crippen molar-refractivity contribution in [2.45, 2.75) is 16.7 Å². The topological polar surface area (TPSA) is 29.1 Å². The molecule has 1 aromatic heterocycles. The summed E-state index contributed by atoms with van der Waals surface area (Å²) in [6, 6.07) is 12.0. The molecule has 0 aliphatic carbocycles. The molecule has 1 N–H and O–H groups in total. The lowest BCUT2D eigenvalue weighted by Gasteiger charge is -2.08. The van der Waals surface area contributed by atoms with Crippen LogP contribution in [0.15, 0.2) is 46.7 Å². The molecule has 1 unspecified atom stereocenters. The van der Waals surface area contributed by atoms with Gasteiger partial charge < -0.3 is 5.32 Å². The van der Waals surface area contributed by atoms with Gasteiger partial charge in [0.25, 0.3) is 0 Å². The first-order valence-corrected chi connectivity index (χ1v) is 7.18. The van der Waals surface area contributed by atoms with Crippen molar-refractivity contribution in [3.63, 3.8) is 0 Å². The molecular formula is C13H11NOS2. The molecule has 0 radical (unpaired) electrons. The van der Waals surface area contributed by atoms with Crippen molar-refractivity contribution in [2.75, 3.05) is 5.32 Å². The predicted molar refractivity (Wildman–Crippen MR) is 73.0 cm³/mol. The van der Waals surface area contributed by atoms with Gasteiger partial charge in [-0.3, -0.25) is 4.79 Å². The fraction of sp³-hybridized carbons (Fsp3) is 0.154. The highest BCUT2D eigenvalue weighted by atomic mass is 32.2. The van der Waals surface area contributed by atoms with E-state index in [0.717, 1.165) is 10.6 Å². The molecule has 1 aromatic carbocycles. The van der Waals surface area contributed by atoms with Gasteiger partial charge in [0.1, 0.15) is 0 Å². The molecule has 0 fully saturated rings. The maximum atomic E-state index is 12.0. The van der Waals surface area contributed by atoms with Crippen LogP contribution in [0, 0.1) is 0 Å². The summed E-state index contributed by atoms with van der Waals surface area (Å²) in [7, 11) is 0. The van der Waals surface area contributed by atoms with E-state index in [1.165, 1.54) is 16.2 Å². The van der Waals surface area contributed by atoms with Crippen LogP contribution in [0.25, 0.3) is 0 Å². The Hall–Kier alpha value is -1.26. The highest BCUT2D eigenvalue weighted by Crippen LogP contribution is 2.39. The molecule has 4 heteroatoms. The summed E-state index contributed by atoms with van der Waals surface area (Å²) < 4.78 is 0. The van der Waals surface area contributed by atoms with Gasteiger partial charge in [-0.25, -0.2) is 0 Å². The molecule has 0 saturated carbocycles. The molecule has 17 heavy (non-hydrogen) atoms. The number of thiophene rings is 1. The van der Waals surface area contributed by atoms with E-state index < -0.39 is 0 Å². The van der Waals surface area contributed by atoms with Crippen LogP contribution in [-0.4, -0.2) is 11.2 Å². The minimum atomic E-state index is 0.169. The van der Waals surface area contributed by atoms with Crippen LogP contribution >= 0.6 is 23.1 Å². The Morgan fingerprint density at radius 1 is 1.24 bits per heavy atom. The molecule has 2 nitrogen and oxygen atoms in total. The summed E-state index contributed by atoms with van der Waals surface area (Å²) in [5.41, 5.74) is 1.14. The fourth-order valence-corrected chi connectivity index (χ4v) is 3.66. The average molecular weight is 261 g/mol. The minimum Gasteiger partial charge on any atom is -0.372 e. The van der Waals surface area contributed by atoms with Crippen LogP contribution in [0.1, 0.15) is 16.1 Å². The second-order valence-electron chi connectivity index (χ2n) is 3.85. The molecule has 0 amide bonds. The molecule has 1 aliphatic heterocycles. The number of ketones is 1. The van der Waals surface area contributed by atoms with Crippen molar-refractivity contribution in [1.82, 2.24) is 0 Å². The number of Topliss-reactive ketones (excluding diaryl/α,β-unsaturated/α-hetero) is 1. The second kappa shape index (κ2) is 4.55. The first kappa shape index (κ1) is 10.9. The zero-order valence-electron chi connectivity index (χ0n) is 9.05. The van der Waals surface area contributed by atoms with Gasteiger partial charge in [0.15, 0.2) is 5.78 Å². The van der Waals surface area contributed by atoms with Crippen LogP contribution in [0.5, 0.6) is 0 Å². The van der Waals surface area contributed by atoms with E-state index >= 15 is 0 Å². The van der Waals surface area contributed by atoms with Crippen LogP contribution in [0.3, 0.4) is 0 Å². The largest absolute Gasteiger partial charge is 0.372 e. The zero-order chi connectivity index (χ0) is 11.7. The van der Waals surface area contributed by atoms with Crippen molar-refractivity contribution >= 4 is 34.6 Å². The average Bonchev–Trinajstić information content (AvgIpc) is 2.97. The Bertz CT molecular complexity index is 511. The molecule has 1 atom stereocenters. The first-order valence-electron chi connectivity index (χ1n) is 5.42. The summed E-state index contributed by atoms with van der Waals surface area (Å²) in [5, 5.41) is 5.48. The van der Waals surface area contributed by atoms with Crippen LogP contribution < -0.4 is 5.32 Å². The normalized spacial score (nSPS) is 17.5. The Kier molecular flexibility index (Phi) is 2.91. The standard InChI is InChI=1S/C13H11NOS2/c15-10(12-6-3-7-16-12)8-13-14-9-4-1-2-5-11(9)17-13/h1-7,13-14H,8H2. The number of benzene rings is 1. The Balaban J connectivity index is 1.68. The van der Waals surface area contributed by atoms with E-state index in [0.29, 0.717) is 6.42 Å². The lowest BCUT2D eigenvalue weighted by atomic mass is 10.2. The van der Waals surface area contributed by atoms with Gasteiger partial charge in [-0.05, 0) is 23.6 Å². The number of carbonyl (C=O) groups is 1. The van der Waals surface area contributed by atoms with E-state index in [9.17, 15) is 4.79 Å². The van der Waals surface area contributed by atoms with Crippen molar-refractivity contribution in [2.24, 2.45) is 0 Å². The highest BCUT2D eigenvalue weighted by molar-refractivity contribution is 8.00. The lowest BCUT2D eigenvalue weighted by molar-refractivity contribution is 0.0988. The van der Waals surface area contributed by atoms with E-state index in [1.54, 1.807) is 11.8 Å². The van der Waals surface area contributed by atoms with Crippen molar-refractivity contribution < 1.29 is 4.79 Å². The minimum absolute atomic E-state index is 0.169. The quantitative estimate of drug-likeness (QED) is 0.850. The van der Waals surface area contributed by atoms with Crippen LogP contribution in [-0.2, 0) is 0 Å². The molecule has 0 saturated heterocycles.